The quantitative estimate of drug-likeness (QED) is 0.253. The molecule has 0 aromatic carbocycles. The van der Waals surface area contributed by atoms with Crippen molar-refractivity contribution in [1.82, 2.24) is 15.0 Å². The van der Waals surface area contributed by atoms with Gasteiger partial charge in [0.1, 0.15) is 13.2 Å². The van der Waals surface area contributed by atoms with Crippen molar-refractivity contribution in [2.75, 3.05) is 13.2 Å². The molecule has 0 fully saturated rings. The molecule has 0 atom stereocenters. The first kappa shape index (κ1) is 24.7. The second-order valence-electron chi connectivity index (χ2n) is 8.62. The van der Waals surface area contributed by atoms with Crippen molar-refractivity contribution in [2.45, 2.75) is 6.92 Å². The van der Waals surface area contributed by atoms with E-state index in [1.807, 2.05) is 12.1 Å². The summed E-state index contributed by atoms with van der Waals surface area (Å²) < 4.78 is 12.1. The number of rotatable bonds is 6. The Labute approximate surface area is 230 Å². The van der Waals surface area contributed by atoms with Gasteiger partial charge in [-0.1, -0.05) is 0 Å². The highest BCUT2D eigenvalue weighted by Gasteiger charge is 2.27. The number of carbonyl (C=O) groups is 2. The predicted octanol–water partition coefficient (Wildman–Crippen LogP) is 6.14. The fourth-order valence-corrected chi connectivity index (χ4v) is 6.35. The molecule has 9 nitrogen and oxygen atoms in total. The molecule has 5 aromatic heterocycles. The van der Waals surface area contributed by atoms with Crippen LogP contribution in [0.1, 0.15) is 25.6 Å². The number of ether oxygens (including phenoxy) is 2. The first-order chi connectivity index (χ1) is 18.9. The lowest BCUT2D eigenvalue weighted by Crippen LogP contribution is -2.14. The van der Waals surface area contributed by atoms with E-state index in [2.05, 4.69) is 34.0 Å². The van der Waals surface area contributed by atoms with Crippen LogP contribution in [0.4, 0.5) is 0 Å². The number of thiophene rings is 2. The number of nitrogens with zero attached hydrogens (tertiary/aromatic N) is 3. The third kappa shape index (κ3) is 4.73. The van der Waals surface area contributed by atoms with Crippen LogP contribution in [0.25, 0.3) is 43.0 Å². The summed E-state index contributed by atoms with van der Waals surface area (Å²) in [6, 6.07) is 13.3. The Morgan fingerprint density at radius 2 is 1.36 bits per heavy atom. The molecule has 0 unspecified atom stereocenters. The van der Waals surface area contributed by atoms with Gasteiger partial charge in [0.15, 0.2) is 11.5 Å². The lowest BCUT2D eigenvalue weighted by molar-refractivity contribution is 0.0686. The smallest absolute Gasteiger partial charge is 0.335 e. The van der Waals surface area contributed by atoms with E-state index in [0.29, 0.717) is 30.4 Å². The van der Waals surface area contributed by atoms with Crippen molar-refractivity contribution in [3.05, 3.63) is 76.9 Å². The Bertz CT molecular complexity index is 1760. The summed E-state index contributed by atoms with van der Waals surface area (Å²) in [6.07, 6.45) is 2.98. The van der Waals surface area contributed by atoms with Crippen LogP contribution in [0.15, 0.2) is 60.9 Å². The number of hydrogen-bond acceptors (Lipinski definition) is 9. The van der Waals surface area contributed by atoms with Gasteiger partial charge in [0, 0.05) is 22.1 Å². The maximum Gasteiger partial charge on any atom is 0.335 e. The average Bonchev–Trinajstić information content (AvgIpc) is 3.56. The van der Waals surface area contributed by atoms with Crippen molar-refractivity contribution >= 4 is 34.6 Å². The Morgan fingerprint density at radius 1 is 0.744 bits per heavy atom. The second kappa shape index (κ2) is 9.93. The van der Waals surface area contributed by atoms with E-state index in [9.17, 15) is 19.8 Å². The number of fused-ring (bicyclic) bond motifs is 1. The van der Waals surface area contributed by atoms with Gasteiger partial charge < -0.3 is 19.7 Å². The number of carboxylic acid groups (broad SMARTS) is 2. The fourth-order valence-electron chi connectivity index (χ4n) is 4.19. The van der Waals surface area contributed by atoms with Gasteiger partial charge in [-0.3, -0.25) is 9.97 Å². The maximum absolute atomic E-state index is 11.9. The highest BCUT2D eigenvalue weighted by atomic mass is 32.1. The summed E-state index contributed by atoms with van der Waals surface area (Å²) in [4.78, 5) is 40.8. The summed E-state index contributed by atoms with van der Waals surface area (Å²) in [5.74, 6) is -0.879. The van der Waals surface area contributed by atoms with Crippen LogP contribution < -0.4 is 9.47 Å². The molecule has 5 aromatic rings. The Morgan fingerprint density at radius 3 is 2.00 bits per heavy atom. The zero-order valence-electron chi connectivity index (χ0n) is 20.4. The van der Waals surface area contributed by atoms with Gasteiger partial charge in [-0.05, 0) is 61.0 Å². The maximum atomic E-state index is 11.9. The van der Waals surface area contributed by atoms with Gasteiger partial charge in [-0.25, -0.2) is 14.6 Å². The molecule has 0 bridgehead atoms. The lowest BCUT2D eigenvalue weighted by atomic mass is 10.1. The fraction of sp³-hybridized carbons (Fsp3) is 0.107. The van der Waals surface area contributed by atoms with Crippen LogP contribution in [-0.4, -0.2) is 50.3 Å². The van der Waals surface area contributed by atoms with Gasteiger partial charge in [0.05, 0.1) is 43.7 Å². The lowest BCUT2D eigenvalue weighted by Gasteiger charge is -2.17. The number of hydrogen-bond donors (Lipinski definition) is 2. The van der Waals surface area contributed by atoms with Crippen LogP contribution >= 0.6 is 22.7 Å². The Balaban J connectivity index is 1.46. The molecule has 6 heterocycles. The first-order valence-electron chi connectivity index (χ1n) is 11.8. The minimum atomic E-state index is -1.15. The number of aromatic carboxylic acids is 2. The molecule has 1 aliphatic heterocycles. The minimum Gasteiger partial charge on any atom is -0.485 e. The number of pyridine rings is 3. The highest BCUT2D eigenvalue weighted by molar-refractivity contribution is 7.24. The van der Waals surface area contributed by atoms with E-state index in [0.717, 1.165) is 25.9 Å². The summed E-state index contributed by atoms with van der Waals surface area (Å²) in [7, 11) is 0. The molecule has 194 valence electrons. The molecular formula is C28H19N3O6S2. The normalized spacial score (nSPS) is 12.3. The second-order valence-corrected chi connectivity index (χ2v) is 10.9. The minimum absolute atomic E-state index is 0.0191. The SMILES string of the molecule is Cc1ccc(-c2sc(-c3ccnc(-c4cc(C(=O)O)cc(-c5cc(C(=O)O)ccn5)n4)c3)c3c2OCCO3)s1. The summed E-state index contributed by atoms with van der Waals surface area (Å²) in [5.41, 5.74) is 2.03. The van der Waals surface area contributed by atoms with E-state index >= 15 is 0 Å². The molecule has 2 N–H and O–H groups in total. The zero-order valence-corrected chi connectivity index (χ0v) is 22.0. The summed E-state index contributed by atoms with van der Waals surface area (Å²) in [6.45, 7) is 2.96. The molecule has 0 saturated heterocycles. The number of aromatic nitrogens is 3. The first-order valence-corrected chi connectivity index (χ1v) is 13.4. The molecule has 0 amide bonds. The molecule has 6 rings (SSSR count). The van der Waals surface area contributed by atoms with E-state index in [1.54, 1.807) is 28.9 Å². The van der Waals surface area contributed by atoms with Crippen LogP contribution in [0.3, 0.4) is 0 Å². The molecule has 0 aliphatic carbocycles. The highest BCUT2D eigenvalue weighted by Crippen LogP contribution is 2.54. The summed E-state index contributed by atoms with van der Waals surface area (Å²) in [5, 5.41) is 19.1. The van der Waals surface area contributed by atoms with Gasteiger partial charge in [0.25, 0.3) is 0 Å². The van der Waals surface area contributed by atoms with E-state index in [1.165, 1.54) is 35.3 Å². The van der Waals surface area contributed by atoms with Crippen LogP contribution in [0, 0.1) is 6.92 Å². The van der Waals surface area contributed by atoms with Gasteiger partial charge in [0.2, 0.25) is 0 Å². The van der Waals surface area contributed by atoms with E-state index < -0.39 is 11.9 Å². The molecular weight excluding hydrogens is 538 g/mol. The third-order valence-corrected chi connectivity index (χ3v) is 8.37. The molecule has 0 spiro atoms. The van der Waals surface area contributed by atoms with Gasteiger partial charge >= 0.3 is 11.9 Å². The van der Waals surface area contributed by atoms with Crippen LogP contribution in [0.5, 0.6) is 11.5 Å². The summed E-state index contributed by atoms with van der Waals surface area (Å²) >= 11 is 3.25. The van der Waals surface area contributed by atoms with Crippen molar-refractivity contribution in [3.63, 3.8) is 0 Å². The van der Waals surface area contributed by atoms with Gasteiger partial charge in [-0.15, -0.1) is 22.7 Å². The monoisotopic (exact) mass is 557 g/mol. The number of aryl methyl sites for hydroxylation is 1. The van der Waals surface area contributed by atoms with Crippen molar-refractivity contribution < 1.29 is 29.3 Å². The molecule has 0 radical (unpaired) electrons. The van der Waals surface area contributed by atoms with Gasteiger partial charge in [-0.2, -0.15) is 0 Å². The molecule has 1 aliphatic rings. The topological polar surface area (TPSA) is 132 Å². The van der Waals surface area contributed by atoms with E-state index in [4.69, 9.17) is 9.47 Å². The molecule has 11 heteroatoms. The van der Waals surface area contributed by atoms with Crippen molar-refractivity contribution in [2.24, 2.45) is 0 Å². The molecule has 39 heavy (non-hydrogen) atoms. The van der Waals surface area contributed by atoms with E-state index in [-0.39, 0.29) is 22.5 Å². The standard InChI is InChI=1S/C28H19N3O6S2/c1-14-2-3-22(38-14)26-24-23(36-8-9-37-24)25(39-26)15-4-6-29-18(10-15)20-12-17(28(34)35)13-21(31-20)19-11-16(27(32)33)5-7-30-19/h2-7,10-13H,8-9H2,1H3,(H,32,33)(H,34,35). The van der Waals surface area contributed by atoms with Crippen molar-refractivity contribution in [3.8, 4) is 54.5 Å². The largest absolute Gasteiger partial charge is 0.485 e. The number of carboxylic acids is 2. The predicted molar refractivity (Wildman–Crippen MR) is 147 cm³/mol. The Hall–Kier alpha value is -4.61. The third-order valence-electron chi connectivity index (χ3n) is 5.99. The van der Waals surface area contributed by atoms with Crippen LogP contribution in [-0.2, 0) is 0 Å². The van der Waals surface area contributed by atoms with Crippen molar-refractivity contribution in [1.29, 1.82) is 0 Å². The Kier molecular flexibility index (Phi) is 6.29. The zero-order chi connectivity index (χ0) is 27.1. The van der Waals surface area contributed by atoms with Crippen LogP contribution in [0.2, 0.25) is 0 Å². The molecule has 0 saturated carbocycles. The average molecular weight is 558 g/mol.